The molecular formula is C18H26N2O2. The number of unbranched alkanes of at least 4 members (excludes halogenated alkanes) is 1. The number of nitrogens with zero attached hydrogens (tertiary/aromatic N) is 1. The number of carbonyl (C=O) groups is 1. The number of hydrogen-bond donors (Lipinski definition) is 2. The molecule has 1 amide bonds. The Morgan fingerprint density at radius 3 is 2.82 bits per heavy atom. The van der Waals surface area contributed by atoms with Crippen LogP contribution >= 0.6 is 0 Å². The molecule has 0 aliphatic rings. The number of carbonyl (C=O) groups excluding carboxylic acids is 1. The molecule has 0 unspecified atom stereocenters. The third kappa shape index (κ3) is 4.34. The van der Waals surface area contributed by atoms with Gasteiger partial charge in [-0.3, -0.25) is 4.79 Å². The van der Waals surface area contributed by atoms with E-state index in [1.165, 1.54) is 10.9 Å². The molecule has 2 rings (SSSR count). The minimum absolute atomic E-state index is 0.0396. The fourth-order valence-corrected chi connectivity index (χ4v) is 2.76. The van der Waals surface area contributed by atoms with E-state index in [0.29, 0.717) is 13.0 Å². The van der Waals surface area contributed by atoms with E-state index in [2.05, 4.69) is 24.0 Å². The van der Waals surface area contributed by atoms with Crippen LogP contribution in [0.2, 0.25) is 0 Å². The molecule has 4 nitrogen and oxygen atoms in total. The first-order valence-corrected chi connectivity index (χ1v) is 8.20. The van der Waals surface area contributed by atoms with Crippen LogP contribution in [0.25, 0.3) is 10.9 Å². The summed E-state index contributed by atoms with van der Waals surface area (Å²) in [6, 6.07) is 8.24. The lowest BCUT2D eigenvalue weighted by atomic mass is 10.1. The summed E-state index contributed by atoms with van der Waals surface area (Å²) in [5.74, 6) is 0.155. The second-order valence-corrected chi connectivity index (χ2v) is 5.67. The average molecular weight is 302 g/mol. The van der Waals surface area contributed by atoms with Crippen LogP contribution in [0.15, 0.2) is 30.5 Å². The Balaban J connectivity index is 1.85. The number of aliphatic hydroxyl groups excluding tert-OH is 1. The van der Waals surface area contributed by atoms with Gasteiger partial charge in [0.1, 0.15) is 0 Å². The molecule has 0 fully saturated rings. The van der Waals surface area contributed by atoms with E-state index in [4.69, 9.17) is 5.11 Å². The number of aryl methyl sites for hydroxylation is 1. The summed E-state index contributed by atoms with van der Waals surface area (Å²) in [5.41, 5.74) is 2.42. The number of H-pyrrole nitrogens is 1. The molecular weight excluding hydrogens is 276 g/mol. The lowest BCUT2D eigenvalue weighted by Gasteiger charge is -2.21. The Morgan fingerprint density at radius 2 is 2.05 bits per heavy atom. The van der Waals surface area contributed by atoms with Crippen molar-refractivity contribution in [2.24, 2.45) is 0 Å². The largest absolute Gasteiger partial charge is 0.395 e. The van der Waals surface area contributed by atoms with Gasteiger partial charge in [-0.05, 0) is 30.9 Å². The Kier molecular flexibility index (Phi) is 6.46. The van der Waals surface area contributed by atoms with Gasteiger partial charge in [-0.25, -0.2) is 0 Å². The first-order valence-electron chi connectivity index (χ1n) is 8.20. The lowest BCUT2D eigenvalue weighted by molar-refractivity contribution is -0.131. The van der Waals surface area contributed by atoms with Gasteiger partial charge in [0.25, 0.3) is 0 Å². The minimum atomic E-state index is 0.0396. The van der Waals surface area contributed by atoms with E-state index in [1.54, 1.807) is 4.90 Å². The Morgan fingerprint density at radius 1 is 1.23 bits per heavy atom. The SMILES string of the molecule is CCCCN(CCO)C(=O)CCCc1c[nH]c2ccccc12. The lowest BCUT2D eigenvalue weighted by Crippen LogP contribution is -2.34. The molecule has 0 aliphatic carbocycles. The highest BCUT2D eigenvalue weighted by atomic mass is 16.3. The van der Waals surface area contributed by atoms with Crippen molar-refractivity contribution in [3.63, 3.8) is 0 Å². The number of para-hydroxylation sites is 1. The van der Waals surface area contributed by atoms with Gasteiger partial charge in [0.15, 0.2) is 0 Å². The van der Waals surface area contributed by atoms with Gasteiger partial charge >= 0.3 is 0 Å². The summed E-state index contributed by atoms with van der Waals surface area (Å²) in [4.78, 5) is 17.3. The first-order chi connectivity index (χ1) is 10.8. The van der Waals surface area contributed by atoms with Crippen LogP contribution in [0.1, 0.15) is 38.2 Å². The average Bonchev–Trinajstić information content (AvgIpc) is 2.95. The molecule has 1 aromatic carbocycles. The van der Waals surface area contributed by atoms with E-state index in [9.17, 15) is 4.79 Å². The van der Waals surface area contributed by atoms with Crippen LogP contribution < -0.4 is 0 Å². The first kappa shape index (κ1) is 16.6. The number of hydrogen-bond acceptors (Lipinski definition) is 2. The van der Waals surface area contributed by atoms with Crippen molar-refractivity contribution in [1.82, 2.24) is 9.88 Å². The molecule has 0 radical (unpaired) electrons. The van der Waals surface area contributed by atoms with Crippen molar-refractivity contribution in [2.45, 2.75) is 39.0 Å². The van der Waals surface area contributed by atoms with Crippen LogP contribution in [-0.2, 0) is 11.2 Å². The number of aromatic amines is 1. The van der Waals surface area contributed by atoms with E-state index in [0.717, 1.165) is 37.7 Å². The number of benzene rings is 1. The van der Waals surface area contributed by atoms with Crippen molar-refractivity contribution >= 4 is 16.8 Å². The zero-order valence-electron chi connectivity index (χ0n) is 13.3. The molecule has 0 aliphatic heterocycles. The summed E-state index contributed by atoms with van der Waals surface area (Å²) in [6.07, 6.45) is 6.38. The van der Waals surface area contributed by atoms with E-state index >= 15 is 0 Å². The molecule has 0 saturated heterocycles. The maximum absolute atomic E-state index is 12.2. The topological polar surface area (TPSA) is 56.3 Å². The van der Waals surface area contributed by atoms with Crippen LogP contribution in [0.4, 0.5) is 0 Å². The highest BCUT2D eigenvalue weighted by Crippen LogP contribution is 2.19. The summed E-state index contributed by atoms with van der Waals surface area (Å²) in [6.45, 7) is 3.35. The van der Waals surface area contributed by atoms with Gasteiger partial charge in [-0.15, -0.1) is 0 Å². The molecule has 0 atom stereocenters. The van der Waals surface area contributed by atoms with Crippen molar-refractivity contribution in [1.29, 1.82) is 0 Å². The van der Waals surface area contributed by atoms with Gasteiger partial charge in [-0.2, -0.15) is 0 Å². The summed E-state index contributed by atoms with van der Waals surface area (Å²) in [5, 5.41) is 10.3. The smallest absolute Gasteiger partial charge is 0.222 e. The maximum Gasteiger partial charge on any atom is 0.222 e. The number of aromatic nitrogens is 1. The van der Waals surface area contributed by atoms with Crippen LogP contribution in [0.3, 0.4) is 0 Å². The molecule has 22 heavy (non-hydrogen) atoms. The van der Waals surface area contributed by atoms with Crippen molar-refractivity contribution in [3.8, 4) is 0 Å². The predicted molar refractivity (Wildman–Crippen MR) is 89.8 cm³/mol. The zero-order valence-corrected chi connectivity index (χ0v) is 13.3. The number of aliphatic hydroxyl groups is 1. The quantitative estimate of drug-likeness (QED) is 0.748. The maximum atomic E-state index is 12.2. The van der Waals surface area contributed by atoms with Crippen LogP contribution in [0.5, 0.6) is 0 Å². The summed E-state index contributed by atoms with van der Waals surface area (Å²) < 4.78 is 0. The minimum Gasteiger partial charge on any atom is -0.395 e. The molecule has 0 saturated carbocycles. The fraction of sp³-hybridized carbons (Fsp3) is 0.500. The molecule has 1 heterocycles. The van der Waals surface area contributed by atoms with E-state index < -0.39 is 0 Å². The standard InChI is InChI=1S/C18H26N2O2/c1-2-3-11-20(12-13-21)18(22)10-6-7-15-14-19-17-9-5-4-8-16(15)17/h4-5,8-9,14,19,21H,2-3,6-7,10-13H2,1H3. The Hall–Kier alpha value is -1.81. The second kappa shape index (κ2) is 8.59. The van der Waals surface area contributed by atoms with Gasteiger partial charge in [-0.1, -0.05) is 31.5 Å². The second-order valence-electron chi connectivity index (χ2n) is 5.67. The third-order valence-corrected chi connectivity index (χ3v) is 4.02. The normalized spacial score (nSPS) is 11.0. The predicted octanol–water partition coefficient (Wildman–Crippen LogP) is 3.11. The fourth-order valence-electron chi connectivity index (χ4n) is 2.76. The van der Waals surface area contributed by atoms with E-state index in [1.807, 2.05) is 18.3 Å². The van der Waals surface area contributed by atoms with Gasteiger partial charge in [0.05, 0.1) is 6.61 Å². The highest BCUT2D eigenvalue weighted by molar-refractivity contribution is 5.83. The van der Waals surface area contributed by atoms with Gasteiger partial charge < -0.3 is 15.0 Å². The van der Waals surface area contributed by atoms with Crippen molar-refractivity contribution in [3.05, 3.63) is 36.0 Å². The van der Waals surface area contributed by atoms with Crippen molar-refractivity contribution in [2.75, 3.05) is 19.7 Å². The molecule has 120 valence electrons. The number of rotatable bonds is 9. The molecule has 0 bridgehead atoms. The number of amides is 1. The third-order valence-electron chi connectivity index (χ3n) is 4.02. The van der Waals surface area contributed by atoms with Crippen molar-refractivity contribution < 1.29 is 9.90 Å². The summed E-state index contributed by atoms with van der Waals surface area (Å²) in [7, 11) is 0. The van der Waals surface area contributed by atoms with Gasteiger partial charge in [0.2, 0.25) is 5.91 Å². The monoisotopic (exact) mass is 302 g/mol. The number of fused-ring (bicyclic) bond motifs is 1. The Bertz CT molecular complexity index is 592. The van der Waals surface area contributed by atoms with Crippen LogP contribution in [-0.4, -0.2) is 40.6 Å². The highest BCUT2D eigenvalue weighted by Gasteiger charge is 2.12. The summed E-state index contributed by atoms with van der Waals surface area (Å²) >= 11 is 0. The molecule has 4 heteroatoms. The zero-order chi connectivity index (χ0) is 15.8. The molecule has 0 spiro atoms. The molecule has 1 aromatic heterocycles. The number of nitrogens with one attached hydrogen (secondary N) is 1. The molecule has 2 N–H and O–H groups in total. The Labute approximate surface area is 132 Å². The molecule has 2 aromatic rings. The van der Waals surface area contributed by atoms with Crippen LogP contribution in [0, 0.1) is 0 Å². The van der Waals surface area contributed by atoms with Gasteiger partial charge in [0, 0.05) is 36.6 Å². The van der Waals surface area contributed by atoms with E-state index in [-0.39, 0.29) is 12.5 Å².